The summed E-state index contributed by atoms with van der Waals surface area (Å²) in [6.45, 7) is 1.44. The van der Waals surface area contributed by atoms with Gasteiger partial charge in [0.05, 0.1) is 18.3 Å². The largest absolute Gasteiger partial charge is 0.368 e. The maximum atomic E-state index is 4.70. The second kappa shape index (κ2) is 6.13. The number of rotatable bonds is 5. The van der Waals surface area contributed by atoms with Gasteiger partial charge in [0, 0.05) is 29.1 Å². The van der Waals surface area contributed by atoms with Crippen molar-refractivity contribution in [2.45, 2.75) is 6.54 Å². The van der Waals surface area contributed by atoms with Gasteiger partial charge in [-0.2, -0.15) is 11.3 Å². The molecule has 1 N–H and O–H groups in total. The molecule has 0 aliphatic carbocycles. The van der Waals surface area contributed by atoms with E-state index in [-0.39, 0.29) is 0 Å². The van der Waals surface area contributed by atoms with E-state index in [4.69, 9.17) is 4.98 Å². The molecule has 4 rings (SSSR count). The number of aromatic nitrogens is 5. The van der Waals surface area contributed by atoms with E-state index in [9.17, 15) is 0 Å². The lowest BCUT2D eigenvalue weighted by atomic mass is 10.2. The zero-order valence-electron chi connectivity index (χ0n) is 12.3. The molecule has 4 aromatic rings. The molecule has 3 aromatic heterocycles. The van der Waals surface area contributed by atoms with Gasteiger partial charge in [-0.15, -0.1) is 5.10 Å². The number of hydrogen-bond acceptors (Lipinski definition) is 6. The SMILES string of the molecule is c1ccc2c(NCCn3ccnn3)nc(-c3ccsc3)nc2c1. The molecule has 0 bridgehead atoms. The third-order valence-electron chi connectivity index (χ3n) is 3.49. The standard InChI is InChI=1S/C16H14N6S/c1-2-4-14-13(3-1)16(17-6-8-22-9-7-18-21-22)20-15(19-14)12-5-10-23-11-12/h1-5,7,9-11H,6,8H2,(H,17,19,20). The zero-order valence-corrected chi connectivity index (χ0v) is 13.1. The van der Waals surface area contributed by atoms with Crippen LogP contribution in [-0.2, 0) is 6.54 Å². The lowest BCUT2D eigenvalue weighted by molar-refractivity contribution is 0.608. The van der Waals surface area contributed by atoms with Gasteiger partial charge in [-0.3, -0.25) is 4.68 Å². The lowest BCUT2D eigenvalue weighted by Gasteiger charge is -2.10. The average molecular weight is 322 g/mol. The fraction of sp³-hybridized carbons (Fsp3) is 0.125. The van der Waals surface area contributed by atoms with Gasteiger partial charge in [0.25, 0.3) is 0 Å². The van der Waals surface area contributed by atoms with E-state index in [1.807, 2.05) is 41.9 Å². The Balaban J connectivity index is 1.66. The first-order chi connectivity index (χ1) is 11.4. The van der Waals surface area contributed by atoms with E-state index < -0.39 is 0 Å². The Bertz CT molecular complexity index is 902. The maximum Gasteiger partial charge on any atom is 0.162 e. The topological polar surface area (TPSA) is 68.5 Å². The van der Waals surface area contributed by atoms with Gasteiger partial charge in [-0.1, -0.05) is 17.3 Å². The van der Waals surface area contributed by atoms with Crippen molar-refractivity contribution in [1.29, 1.82) is 0 Å². The number of nitrogens with one attached hydrogen (secondary N) is 1. The zero-order chi connectivity index (χ0) is 15.5. The highest BCUT2D eigenvalue weighted by Crippen LogP contribution is 2.25. The van der Waals surface area contributed by atoms with E-state index in [0.29, 0.717) is 6.54 Å². The molecule has 7 heteroatoms. The molecule has 114 valence electrons. The van der Waals surface area contributed by atoms with Crippen molar-refractivity contribution < 1.29 is 0 Å². The fourth-order valence-corrected chi connectivity index (χ4v) is 3.01. The molecule has 0 saturated heterocycles. The van der Waals surface area contributed by atoms with Crippen LogP contribution in [0.4, 0.5) is 5.82 Å². The van der Waals surface area contributed by atoms with E-state index in [2.05, 4.69) is 26.0 Å². The molecule has 0 aliphatic rings. The molecule has 0 aliphatic heterocycles. The predicted molar refractivity (Wildman–Crippen MR) is 91.4 cm³/mol. The van der Waals surface area contributed by atoms with Crippen LogP contribution in [0, 0.1) is 0 Å². The summed E-state index contributed by atoms with van der Waals surface area (Å²) in [7, 11) is 0. The highest BCUT2D eigenvalue weighted by Gasteiger charge is 2.09. The van der Waals surface area contributed by atoms with Crippen LogP contribution in [-0.4, -0.2) is 31.5 Å². The smallest absolute Gasteiger partial charge is 0.162 e. The molecule has 1 aromatic carbocycles. The fourth-order valence-electron chi connectivity index (χ4n) is 2.37. The summed E-state index contributed by atoms with van der Waals surface area (Å²) >= 11 is 1.64. The number of fused-ring (bicyclic) bond motifs is 1. The van der Waals surface area contributed by atoms with Crippen molar-refractivity contribution >= 4 is 28.1 Å². The first kappa shape index (κ1) is 13.8. The lowest BCUT2D eigenvalue weighted by Crippen LogP contribution is -2.12. The number of hydrogen-bond donors (Lipinski definition) is 1. The van der Waals surface area contributed by atoms with Crippen LogP contribution in [0.1, 0.15) is 0 Å². The molecule has 0 saturated carbocycles. The second-order valence-electron chi connectivity index (χ2n) is 5.02. The molecule has 0 atom stereocenters. The summed E-state index contributed by atoms with van der Waals surface area (Å²) in [5.41, 5.74) is 1.98. The normalized spacial score (nSPS) is 11.0. The van der Waals surface area contributed by atoms with Crippen molar-refractivity contribution in [3.05, 3.63) is 53.5 Å². The molecular formula is C16H14N6S. The van der Waals surface area contributed by atoms with Crippen LogP contribution in [0.3, 0.4) is 0 Å². The quantitative estimate of drug-likeness (QED) is 0.611. The van der Waals surface area contributed by atoms with Gasteiger partial charge in [0.2, 0.25) is 0 Å². The second-order valence-corrected chi connectivity index (χ2v) is 5.80. The first-order valence-corrected chi connectivity index (χ1v) is 8.22. The maximum absolute atomic E-state index is 4.70. The van der Waals surface area contributed by atoms with Crippen molar-refractivity contribution in [2.75, 3.05) is 11.9 Å². The summed E-state index contributed by atoms with van der Waals surface area (Å²) in [5.74, 6) is 1.59. The van der Waals surface area contributed by atoms with Gasteiger partial charge < -0.3 is 5.32 Å². The Morgan fingerprint density at radius 2 is 2.09 bits per heavy atom. The Morgan fingerprint density at radius 1 is 1.13 bits per heavy atom. The van der Waals surface area contributed by atoms with Crippen molar-refractivity contribution in [3.63, 3.8) is 0 Å². The molecule has 0 unspecified atom stereocenters. The van der Waals surface area contributed by atoms with Gasteiger partial charge in [-0.05, 0) is 23.6 Å². The third kappa shape index (κ3) is 2.91. The van der Waals surface area contributed by atoms with Crippen LogP contribution in [0.2, 0.25) is 0 Å². The number of thiophene rings is 1. The molecule has 0 spiro atoms. The van der Waals surface area contributed by atoms with Gasteiger partial charge in [-0.25, -0.2) is 9.97 Å². The van der Waals surface area contributed by atoms with Gasteiger partial charge >= 0.3 is 0 Å². The summed E-state index contributed by atoms with van der Waals surface area (Å²) in [6, 6.07) is 10.1. The van der Waals surface area contributed by atoms with Crippen LogP contribution < -0.4 is 5.32 Å². The molecule has 3 heterocycles. The Hall–Kier alpha value is -2.80. The Kier molecular flexibility index (Phi) is 3.69. The number of para-hydroxylation sites is 1. The molecule has 0 fully saturated rings. The molecule has 0 radical (unpaired) electrons. The highest BCUT2D eigenvalue weighted by molar-refractivity contribution is 7.08. The number of benzene rings is 1. The van der Waals surface area contributed by atoms with Crippen LogP contribution in [0.5, 0.6) is 0 Å². The molecule has 23 heavy (non-hydrogen) atoms. The van der Waals surface area contributed by atoms with E-state index in [1.165, 1.54) is 0 Å². The van der Waals surface area contributed by atoms with Crippen molar-refractivity contribution in [1.82, 2.24) is 25.0 Å². The third-order valence-corrected chi connectivity index (χ3v) is 4.17. The minimum atomic E-state index is 0.716. The van der Waals surface area contributed by atoms with Crippen LogP contribution in [0.15, 0.2) is 53.5 Å². The summed E-state index contributed by atoms with van der Waals surface area (Å²) in [6.07, 6.45) is 3.52. The Labute approximate surface area is 136 Å². The minimum absolute atomic E-state index is 0.716. The van der Waals surface area contributed by atoms with Crippen LogP contribution in [0.25, 0.3) is 22.3 Å². The van der Waals surface area contributed by atoms with E-state index in [1.54, 1.807) is 22.2 Å². The first-order valence-electron chi connectivity index (χ1n) is 7.27. The molecule has 6 nitrogen and oxygen atoms in total. The van der Waals surface area contributed by atoms with Gasteiger partial charge in [0.1, 0.15) is 5.82 Å². The average Bonchev–Trinajstić information content (AvgIpc) is 3.28. The van der Waals surface area contributed by atoms with Crippen molar-refractivity contribution in [2.24, 2.45) is 0 Å². The van der Waals surface area contributed by atoms with Crippen molar-refractivity contribution in [3.8, 4) is 11.4 Å². The number of nitrogens with zero attached hydrogens (tertiary/aromatic N) is 5. The molecular weight excluding hydrogens is 308 g/mol. The number of anilines is 1. The molecule has 0 amide bonds. The highest BCUT2D eigenvalue weighted by atomic mass is 32.1. The van der Waals surface area contributed by atoms with Crippen LogP contribution >= 0.6 is 11.3 Å². The predicted octanol–water partition coefficient (Wildman–Crippen LogP) is 3.06. The minimum Gasteiger partial charge on any atom is -0.368 e. The van der Waals surface area contributed by atoms with Gasteiger partial charge in [0.15, 0.2) is 5.82 Å². The Morgan fingerprint density at radius 3 is 2.91 bits per heavy atom. The summed E-state index contributed by atoms with van der Waals surface area (Å²) in [4.78, 5) is 9.37. The van der Waals surface area contributed by atoms with E-state index >= 15 is 0 Å². The monoisotopic (exact) mass is 322 g/mol. The van der Waals surface area contributed by atoms with E-state index in [0.717, 1.165) is 34.7 Å². The summed E-state index contributed by atoms with van der Waals surface area (Å²) in [5, 5.41) is 16.3. The summed E-state index contributed by atoms with van der Waals surface area (Å²) < 4.78 is 1.79.